The highest BCUT2D eigenvalue weighted by molar-refractivity contribution is 7.99. The van der Waals surface area contributed by atoms with Gasteiger partial charge in [0.15, 0.2) is 5.78 Å². The molecule has 0 unspecified atom stereocenters. The van der Waals surface area contributed by atoms with Gasteiger partial charge in [-0.3, -0.25) is 4.79 Å². The van der Waals surface area contributed by atoms with Crippen molar-refractivity contribution in [2.75, 3.05) is 0 Å². The molecule has 1 aromatic heterocycles. The third kappa shape index (κ3) is 3.60. The minimum Gasteiger partial charge on any atom is -0.295 e. The molecule has 0 saturated carbocycles. The number of halogens is 3. The van der Waals surface area contributed by atoms with Gasteiger partial charge in [0.2, 0.25) is 0 Å². The second-order valence-electron chi connectivity index (χ2n) is 4.07. The maximum absolute atomic E-state index is 12.4. The Labute approximate surface area is 118 Å². The van der Waals surface area contributed by atoms with Crippen LogP contribution in [-0.2, 0) is 6.18 Å². The topological polar surface area (TPSA) is 30.0 Å². The summed E-state index contributed by atoms with van der Waals surface area (Å²) in [7, 11) is 0. The van der Waals surface area contributed by atoms with Crippen molar-refractivity contribution in [2.45, 2.75) is 23.0 Å². The van der Waals surface area contributed by atoms with Crippen LogP contribution in [0.25, 0.3) is 0 Å². The zero-order valence-corrected chi connectivity index (χ0v) is 11.3. The van der Waals surface area contributed by atoms with E-state index in [-0.39, 0.29) is 5.78 Å². The summed E-state index contributed by atoms with van der Waals surface area (Å²) in [5.41, 5.74) is -0.177. The fraction of sp³-hybridized carbons (Fsp3) is 0.143. The van der Waals surface area contributed by atoms with Gasteiger partial charge in [-0.15, -0.1) is 0 Å². The van der Waals surface area contributed by atoms with Crippen LogP contribution in [0.4, 0.5) is 13.2 Å². The molecule has 0 N–H and O–H groups in total. The minimum absolute atomic E-state index is 0.0331. The summed E-state index contributed by atoms with van der Waals surface area (Å²) >= 11 is 1.24. The lowest BCUT2D eigenvalue weighted by molar-refractivity contribution is -0.137. The molecule has 0 fully saturated rings. The molecule has 2 aromatic rings. The molecule has 20 heavy (non-hydrogen) atoms. The number of carbonyl (C=O) groups excluding carboxylic acids is 1. The number of carbonyl (C=O) groups is 1. The molecule has 1 heterocycles. The number of aromatic nitrogens is 1. The minimum atomic E-state index is -4.38. The quantitative estimate of drug-likeness (QED) is 0.784. The molecule has 0 aliphatic rings. The molecule has 0 amide bonds. The second-order valence-corrected chi connectivity index (χ2v) is 5.16. The van der Waals surface area contributed by atoms with Crippen LogP contribution in [0.2, 0.25) is 0 Å². The van der Waals surface area contributed by atoms with Crippen molar-refractivity contribution in [2.24, 2.45) is 0 Å². The van der Waals surface area contributed by atoms with E-state index >= 15 is 0 Å². The van der Waals surface area contributed by atoms with E-state index in [9.17, 15) is 18.0 Å². The molecule has 2 rings (SSSR count). The maximum atomic E-state index is 12.4. The van der Waals surface area contributed by atoms with Crippen molar-refractivity contribution in [3.8, 4) is 0 Å². The van der Waals surface area contributed by atoms with Crippen LogP contribution in [0, 0.1) is 0 Å². The number of ketones is 1. The van der Waals surface area contributed by atoms with Gasteiger partial charge < -0.3 is 0 Å². The lowest BCUT2D eigenvalue weighted by Gasteiger charge is -2.06. The Morgan fingerprint density at radius 1 is 1.10 bits per heavy atom. The second kappa shape index (κ2) is 5.66. The summed E-state index contributed by atoms with van der Waals surface area (Å²) in [6.45, 7) is 1.47. The monoisotopic (exact) mass is 297 g/mol. The summed E-state index contributed by atoms with van der Waals surface area (Å²) in [4.78, 5) is 15.7. The van der Waals surface area contributed by atoms with Gasteiger partial charge in [0, 0.05) is 16.7 Å². The molecular formula is C14H10F3NOS. The number of pyridine rings is 1. The number of alkyl halides is 3. The number of rotatable bonds is 3. The van der Waals surface area contributed by atoms with Crippen molar-refractivity contribution in [1.29, 1.82) is 0 Å². The molecule has 6 heteroatoms. The lowest BCUT2D eigenvalue weighted by Crippen LogP contribution is -2.04. The van der Waals surface area contributed by atoms with Gasteiger partial charge >= 0.3 is 6.18 Å². The van der Waals surface area contributed by atoms with Gasteiger partial charge in [-0.1, -0.05) is 23.9 Å². The average Bonchev–Trinajstić information content (AvgIpc) is 2.39. The van der Waals surface area contributed by atoms with Crippen molar-refractivity contribution in [3.05, 3.63) is 53.7 Å². The lowest BCUT2D eigenvalue weighted by atomic mass is 10.2. The molecule has 0 saturated heterocycles. The predicted octanol–water partition coefficient (Wildman–Crippen LogP) is 4.45. The summed E-state index contributed by atoms with van der Waals surface area (Å²) in [6.07, 6.45) is -3.56. The predicted molar refractivity (Wildman–Crippen MR) is 69.8 cm³/mol. The zero-order chi connectivity index (χ0) is 14.8. The number of nitrogens with zero attached hydrogens (tertiary/aromatic N) is 1. The van der Waals surface area contributed by atoms with E-state index in [4.69, 9.17) is 0 Å². The van der Waals surface area contributed by atoms with Crippen LogP contribution in [0.15, 0.2) is 52.5 Å². The van der Waals surface area contributed by atoms with E-state index in [0.717, 1.165) is 17.2 Å². The Morgan fingerprint density at radius 2 is 1.75 bits per heavy atom. The fourth-order valence-electron chi connectivity index (χ4n) is 1.49. The molecule has 0 aliphatic heterocycles. The highest BCUT2D eigenvalue weighted by Crippen LogP contribution is 2.31. The third-order valence-electron chi connectivity index (χ3n) is 2.55. The van der Waals surface area contributed by atoms with E-state index in [2.05, 4.69) is 4.98 Å². The normalized spacial score (nSPS) is 11.4. The summed E-state index contributed by atoms with van der Waals surface area (Å²) < 4.78 is 37.2. The Kier molecular flexibility index (Phi) is 4.13. The van der Waals surface area contributed by atoms with Crippen molar-refractivity contribution in [1.82, 2.24) is 4.98 Å². The van der Waals surface area contributed by atoms with Gasteiger partial charge in [0.25, 0.3) is 0 Å². The van der Waals surface area contributed by atoms with Crippen LogP contribution in [-0.4, -0.2) is 10.8 Å². The van der Waals surface area contributed by atoms with Gasteiger partial charge in [-0.05, 0) is 31.2 Å². The van der Waals surface area contributed by atoms with Crippen LogP contribution in [0.3, 0.4) is 0 Å². The Hall–Kier alpha value is -1.82. The molecule has 0 radical (unpaired) electrons. The van der Waals surface area contributed by atoms with Crippen molar-refractivity contribution >= 4 is 17.5 Å². The highest BCUT2D eigenvalue weighted by Gasteiger charge is 2.30. The van der Waals surface area contributed by atoms with E-state index in [1.54, 1.807) is 24.3 Å². The van der Waals surface area contributed by atoms with Crippen molar-refractivity contribution < 1.29 is 18.0 Å². The maximum Gasteiger partial charge on any atom is 0.417 e. The van der Waals surface area contributed by atoms with E-state index < -0.39 is 11.7 Å². The molecule has 0 bridgehead atoms. The Balaban J connectivity index is 2.12. The van der Waals surface area contributed by atoms with E-state index in [1.165, 1.54) is 24.8 Å². The fourth-order valence-corrected chi connectivity index (χ4v) is 2.24. The highest BCUT2D eigenvalue weighted by atomic mass is 32.2. The Morgan fingerprint density at radius 3 is 2.20 bits per heavy atom. The number of Topliss-reactive ketones (excluding diaryl/α,β-unsaturated/α-hetero) is 1. The summed E-state index contributed by atoms with van der Waals surface area (Å²) in [5.74, 6) is -0.0331. The molecule has 2 nitrogen and oxygen atoms in total. The largest absolute Gasteiger partial charge is 0.417 e. The zero-order valence-electron chi connectivity index (χ0n) is 10.4. The number of benzene rings is 1. The van der Waals surface area contributed by atoms with E-state index in [0.29, 0.717) is 10.6 Å². The molecular weight excluding hydrogens is 287 g/mol. The molecule has 1 aromatic carbocycles. The SMILES string of the molecule is CC(=O)c1ccc(Sc2ccc(C(F)(F)F)cn2)cc1. The summed E-state index contributed by atoms with van der Waals surface area (Å²) in [6, 6.07) is 9.15. The molecule has 0 aliphatic carbocycles. The van der Waals surface area contributed by atoms with Gasteiger partial charge in [0.1, 0.15) is 5.03 Å². The van der Waals surface area contributed by atoms with Gasteiger partial charge in [0.05, 0.1) is 5.56 Å². The first-order chi connectivity index (χ1) is 9.36. The average molecular weight is 297 g/mol. The number of hydrogen-bond acceptors (Lipinski definition) is 3. The van der Waals surface area contributed by atoms with Crippen LogP contribution >= 0.6 is 11.8 Å². The first-order valence-corrected chi connectivity index (χ1v) is 6.50. The van der Waals surface area contributed by atoms with Crippen LogP contribution in [0.5, 0.6) is 0 Å². The van der Waals surface area contributed by atoms with Gasteiger partial charge in [-0.25, -0.2) is 4.98 Å². The molecule has 104 valence electrons. The first-order valence-electron chi connectivity index (χ1n) is 5.68. The van der Waals surface area contributed by atoms with Crippen molar-refractivity contribution in [3.63, 3.8) is 0 Å². The Bertz CT molecular complexity index is 606. The standard InChI is InChI=1S/C14H10F3NOS/c1-9(19)10-2-5-12(6-3-10)20-13-7-4-11(8-18-13)14(15,16)17/h2-8H,1H3. The number of hydrogen-bond donors (Lipinski definition) is 0. The molecule has 0 spiro atoms. The third-order valence-corrected chi connectivity index (χ3v) is 3.51. The van der Waals surface area contributed by atoms with Gasteiger partial charge in [-0.2, -0.15) is 13.2 Å². The smallest absolute Gasteiger partial charge is 0.295 e. The first kappa shape index (κ1) is 14.6. The molecule has 0 atom stereocenters. The van der Waals surface area contributed by atoms with Crippen LogP contribution < -0.4 is 0 Å². The van der Waals surface area contributed by atoms with Crippen LogP contribution in [0.1, 0.15) is 22.8 Å². The van der Waals surface area contributed by atoms with E-state index in [1.807, 2.05) is 0 Å². The summed E-state index contributed by atoms with van der Waals surface area (Å²) in [5, 5.41) is 0.466.